The summed E-state index contributed by atoms with van der Waals surface area (Å²) in [5.41, 5.74) is 6.73. The van der Waals surface area contributed by atoms with Crippen molar-refractivity contribution in [3.63, 3.8) is 0 Å². The Balaban J connectivity index is 1.90. The molecule has 0 radical (unpaired) electrons. The fourth-order valence-corrected chi connectivity index (χ4v) is 3.64. The van der Waals surface area contributed by atoms with Crippen LogP contribution in [0.15, 0.2) is 24.5 Å². The third kappa shape index (κ3) is 2.83. The van der Waals surface area contributed by atoms with E-state index in [-0.39, 0.29) is 17.4 Å². The van der Waals surface area contributed by atoms with E-state index < -0.39 is 17.6 Å². The highest BCUT2D eigenvalue weighted by Gasteiger charge is 2.31. The lowest BCUT2D eigenvalue weighted by atomic mass is 9.90. The predicted octanol–water partition coefficient (Wildman–Crippen LogP) is 2.60. The Hall–Kier alpha value is -3.23. The number of carbonyl (C=O) groups is 1. The van der Waals surface area contributed by atoms with Gasteiger partial charge in [-0.05, 0) is 18.9 Å². The molecule has 0 aliphatic carbocycles. The molecule has 7 nitrogen and oxygen atoms in total. The molecule has 9 heteroatoms. The Morgan fingerprint density at radius 1 is 1.32 bits per heavy atom. The van der Waals surface area contributed by atoms with Gasteiger partial charge in [0.25, 0.3) is 0 Å². The molecule has 3 aromatic rings. The van der Waals surface area contributed by atoms with Crippen LogP contribution in [0, 0.1) is 11.8 Å². The monoisotopic (exact) mass is 387 g/mol. The molecule has 1 fully saturated rings. The highest BCUT2D eigenvalue weighted by Crippen LogP contribution is 2.36. The smallest absolute Gasteiger partial charge is 0.230 e. The van der Waals surface area contributed by atoms with Crippen molar-refractivity contribution in [2.24, 2.45) is 0 Å². The van der Waals surface area contributed by atoms with Crippen molar-refractivity contribution in [1.29, 1.82) is 0 Å². The first kappa shape index (κ1) is 18.1. The molecule has 1 unspecified atom stereocenters. The van der Waals surface area contributed by atoms with Gasteiger partial charge in [-0.25, -0.2) is 9.37 Å². The van der Waals surface area contributed by atoms with E-state index in [0.29, 0.717) is 35.6 Å². The number of hydrogen-bond donors (Lipinski definition) is 1. The molecule has 1 atom stereocenters. The van der Waals surface area contributed by atoms with Gasteiger partial charge in [0.05, 0.1) is 30.5 Å². The summed E-state index contributed by atoms with van der Waals surface area (Å²) in [6.45, 7) is 0.706. The van der Waals surface area contributed by atoms with Gasteiger partial charge in [0, 0.05) is 31.4 Å². The van der Waals surface area contributed by atoms with E-state index in [4.69, 9.17) is 10.5 Å². The van der Waals surface area contributed by atoms with Crippen molar-refractivity contribution in [3.8, 4) is 17.0 Å². The molecule has 0 saturated carbocycles. The number of aromatic nitrogens is 3. The van der Waals surface area contributed by atoms with Gasteiger partial charge >= 0.3 is 0 Å². The Bertz CT molecular complexity index is 1080. The fourth-order valence-electron chi connectivity index (χ4n) is 3.64. The minimum absolute atomic E-state index is 0.00283. The first-order valence-electron chi connectivity index (χ1n) is 8.82. The maximum atomic E-state index is 14.4. The summed E-state index contributed by atoms with van der Waals surface area (Å²) in [5.74, 6) is -2.07. The summed E-state index contributed by atoms with van der Waals surface area (Å²) in [6, 6.07) is 2.67. The molecule has 2 N–H and O–H groups in total. The van der Waals surface area contributed by atoms with Crippen LogP contribution in [0.5, 0.6) is 5.75 Å². The normalized spacial score (nSPS) is 17.4. The van der Waals surface area contributed by atoms with Gasteiger partial charge in [-0.1, -0.05) is 0 Å². The number of fused-ring (bicyclic) bond motifs is 1. The molecule has 146 valence electrons. The lowest BCUT2D eigenvalue weighted by molar-refractivity contribution is -0.133. The predicted molar refractivity (Wildman–Crippen MR) is 98.9 cm³/mol. The molecular weight excluding hydrogens is 368 g/mol. The van der Waals surface area contributed by atoms with Gasteiger partial charge in [0.2, 0.25) is 11.9 Å². The second-order valence-corrected chi connectivity index (χ2v) is 6.82. The van der Waals surface area contributed by atoms with Crippen molar-refractivity contribution in [2.75, 3.05) is 26.4 Å². The molecule has 0 spiro atoms. The number of carbonyl (C=O) groups excluding carboxylic acids is 1. The number of halogens is 2. The van der Waals surface area contributed by atoms with Crippen molar-refractivity contribution in [3.05, 3.63) is 41.9 Å². The molecule has 4 rings (SSSR count). The van der Waals surface area contributed by atoms with Gasteiger partial charge in [0.1, 0.15) is 11.4 Å². The number of pyridine rings is 2. The van der Waals surface area contributed by atoms with Gasteiger partial charge < -0.3 is 15.4 Å². The van der Waals surface area contributed by atoms with Crippen molar-refractivity contribution >= 4 is 17.4 Å². The number of hydrogen-bond acceptors (Lipinski definition) is 5. The SMILES string of the molecule is COc1cc2ncc(-c3cc(F)c(N)nc3F)n2cc1C1CCCN(C)C1=O. The van der Waals surface area contributed by atoms with E-state index in [1.807, 2.05) is 0 Å². The maximum Gasteiger partial charge on any atom is 0.230 e. The van der Waals surface area contributed by atoms with Gasteiger partial charge in [-0.2, -0.15) is 9.37 Å². The van der Waals surface area contributed by atoms with Crippen LogP contribution in [0.25, 0.3) is 16.9 Å². The molecule has 28 heavy (non-hydrogen) atoms. The average molecular weight is 387 g/mol. The van der Waals surface area contributed by atoms with E-state index in [1.54, 1.807) is 28.6 Å². The van der Waals surface area contributed by atoms with Gasteiger partial charge in [0.15, 0.2) is 11.6 Å². The third-order valence-electron chi connectivity index (χ3n) is 5.13. The van der Waals surface area contributed by atoms with E-state index in [1.165, 1.54) is 13.3 Å². The first-order valence-corrected chi connectivity index (χ1v) is 8.82. The van der Waals surface area contributed by atoms with Crippen LogP contribution in [0.1, 0.15) is 24.3 Å². The summed E-state index contributed by atoms with van der Waals surface area (Å²) in [4.78, 5) is 22.0. The van der Waals surface area contributed by atoms with Crippen molar-refractivity contribution < 1.29 is 18.3 Å². The quantitative estimate of drug-likeness (QED) is 0.698. The number of anilines is 1. The second kappa shape index (κ2) is 6.74. The van der Waals surface area contributed by atoms with Crippen LogP contribution in [0.2, 0.25) is 0 Å². The van der Waals surface area contributed by atoms with E-state index >= 15 is 0 Å². The summed E-state index contributed by atoms with van der Waals surface area (Å²) in [6.07, 6.45) is 4.67. The van der Waals surface area contributed by atoms with Crippen LogP contribution in [-0.4, -0.2) is 45.9 Å². The highest BCUT2D eigenvalue weighted by atomic mass is 19.1. The number of nitrogen functional groups attached to an aromatic ring is 1. The number of likely N-dealkylation sites (N-methyl/N-ethyl adjacent to an activating group) is 1. The minimum atomic E-state index is -0.897. The number of likely N-dealkylation sites (tertiary alicyclic amines) is 1. The number of ether oxygens (including phenoxy) is 1. The van der Waals surface area contributed by atoms with Crippen LogP contribution >= 0.6 is 0 Å². The number of nitrogens with zero attached hydrogens (tertiary/aromatic N) is 4. The van der Waals surface area contributed by atoms with Crippen molar-refractivity contribution in [1.82, 2.24) is 19.3 Å². The molecule has 4 heterocycles. The van der Waals surface area contributed by atoms with Gasteiger partial charge in [-0.3, -0.25) is 9.20 Å². The topological polar surface area (TPSA) is 85.8 Å². The largest absolute Gasteiger partial charge is 0.496 e. The molecule has 1 aliphatic heterocycles. The second-order valence-electron chi connectivity index (χ2n) is 6.82. The summed E-state index contributed by atoms with van der Waals surface area (Å²) in [5, 5.41) is 0. The Morgan fingerprint density at radius 2 is 2.11 bits per heavy atom. The molecule has 1 amide bonds. The van der Waals surface area contributed by atoms with E-state index in [9.17, 15) is 13.6 Å². The first-order chi connectivity index (χ1) is 13.4. The number of amides is 1. The van der Waals surface area contributed by atoms with Crippen LogP contribution in [0.4, 0.5) is 14.6 Å². The zero-order valence-electron chi connectivity index (χ0n) is 15.4. The highest BCUT2D eigenvalue weighted by molar-refractivity contribution is 5.85. The maximum absolute atomic E-state index is 14.4. The Morgan fingerprint density at radius 3 is 2.86 bits per heavy atom. The molecule has 1 aliphatic rings. The van der Waals surface area contributed by atoms with Crippen molar-refractivity contribution in [2.45, 2.75) is 18.8 Å². The molecule has 3 aromatic heterocycles. The van der Waals surface area contributed by atoms with Crippen LogP contribution in [0.3, 0.4) is 0 Å². The number of imidazole rings is 1. The molecule has 1 saturated heterocycles. The number of methoxy groups -OCH3 is 1. The van der Waals surface area contributed by atoms with Gasteiger partial charge in [-0.15, -0.1) is 0 Å². The summed E-state index contributed by atoms with van der Waals surface area (Å²) < 4.78 is 35.3. The van der Waals surface area contributed by atoms with Crippen LogP contribution in [-0.2, 0) is 4.79 Å². The lowest BCUT2D eigenvalue weighted by Crippen LogP contribution is -2.37. The fraction of sp³-hybridized carbons (Fsp3) is 0.316. The zero-order chi connectivity index (χ0) is 20.0. The Labute approximate surface area is 159 Å². The average Bonchev–Trinajstić information content (AvgIpc) is 3.08. The third-order valence-corrected chi connectivity index (χ3v) is 5.13. The molecule has 0 aromatic carbocycles. The van der Waals surface area contributed by atoms with E-state index in [0.717, 1.165) is 12.5 Å². The molecule has 0 bridgehead atoms. The number of rotatable bonds is 3. The standard InChI is InChI=1S/C19H19F2N5O2/c1-25-5-3-4-10(19(25)27)12-9-26-14(8-23-16(26)7-15(12)28-2)11-6-13(20)18(22)24-17(11)21/h6-10H,3-5H2,1-2H3,(H2,22,24). The minimum Gasteiger partial charge on any atom is -0.496 e. The summed E-state index contributed by atoms with van der Waals surface area (Å²) >= 11 is 0. The zero-order valence-corrected chi connectivity index (χ0v) is 15.4. The lowest BCUT2D eigenvalue weighted by Gasteiger charge is -2.30. The number of piperidine rings is 1. The van der Waals surface area contributed by atoms with E-state index in [2.05, 4.69) is 9.97 Å². The summed E-state index contributed by atoms with van der Waals surface area (Å²) in [7, 11) is 3.29. The van der Waals surface area contributed by atoms with Crippen LogP contribution < -0.4 is 10.5 Å². The molecular formula is C19H19F2N5O2. The Kier molecular flexibility index (Phi) is 4.37. The number of nitrogens with two attached hydrogens (primary N) is 1.